The monoisotopic (exact) mass is 272 g/mol. The summed E-state index contributed by atoms with van der Waals surface area (Å²) in [6, 6.07) is 6.81. The molecular formula is C13H12N4O3. The van der Waals surface area contributed by atoms with Crippen LogP contribution < -0.4 is 0 Å². The quantitative estimate of drug-likeness (QED) is 0.836. The van der Waals surface area contributed by atoms with Gasteiger partial charge in [-0.25, -0.2) is 14.5 Å². The molecule has 20 heavy (non-hydrogen) atoms. The first kappa shape index (κ1) is 13.7. The molecule has 0 unspecified atom stereocenters. The van der Waals surface area contributed by atoms with Crippen molar-refractivity contribution in [3.05, 3.63) is 41.5 Å². The smallest absolute Gasteiger partial charge is 0.377 e. The van der Waals surface area contributed by atoms with Crippen molar-refractivity contribution in [2.24, 2.45) is 0 Å². The molecule has 0 saturated carbocycles. The summed E-state index contributed by atoms with van der Waals surface area (Å²) in [5, 5.41) is 22.7. The minimum absolute atomic E-state index is 0.0913. The summed E-state index contributed by atoms with van der Waals surface area (Å²) in [6.45, 7) is 1.60. The summed E-state index contributed by atoms with van der Waals surface area (Å²) in [6.07, 6.45) is 0.581. The summed E-state index contributed by atoms with van der Waals surface area (Å²) < 4.78 is 5.86. The van der Waals surface area contributed by atoms with Crippen molar-refractivity contribution in [1.29, 1.82) is 5.26 Å². The van der Waals surface area contributed by atoms with Crippen molar-refractivity contribution in [3.63, 3.8) is 0 Å². The molecule has 0 saturated heterocycles. The maximum atomic E-state index is 11.3. The lowest BCUT2D eigenvalue weighted by atomic mass is 10.1. The van der Waals surface area contributed by atoms with Gasteiger partial charge in [0.05, 0.1) is 30.5 Å². The van der Waals surface area contributed by atoms with Gasteiger partial charge >= 0.3 is 5.97 Å². The zero-order chi connectivity index (χ0) is 14.7. The van der Waals surface area contributed by atoms with Crippen molar-refractivity contribution in [1.82, 2.24) is 14.8 Å². The normalized spacial score (nSPS) is 11.7. The number of rotatable bonds is 3. The van der Waals surface area contributed by atoms with Crippen LogP contribution in [0.25, 0.3) is 5.69 Å². The van der Waals surface area contributed by atoms with E-state index in [1.807, 2.05) is 6.07 Å². The number of hydrogen-bond donors (Lipinski definition) is 1. The van der Waals surface area contributed by atoms with Gasteiger partial charge in [-0.3, -0.25) is 0 Å². The molecular weight excluding hydrogens is 260 g/mol. The molecule has 0 aliphatic carbocycles. The van der Waals surface area contributed by atoms with E-state index < -0.39 is 12.1 Å². The highest BCUT2D eigenvalue weighted by molar-refractivity contribution is 5.84. The van der Waals surface area contributed by atoms with Gasteiger partial charge < -0.3 is 9.84 Å². The van der Waals surface area contributed by atoms with Gasteiger partial charge in [-0.05, 0) is 19.1 Å². The zero-order valence-corrected chi connectivity index (χ0v) is 10.9. The Morgan fingerprint density at radius 1 is 1.55 bits per heavy atom. The van der Waals surface area contributed by atoms with Gasteiger partial charge in [0.25, 0.3) is 5.82 Å². The Labute approximate surface area is 115 Å². The summed E-state index contributed by atoms with van der Waals surface area (Å²) in [5.74, 6) is -0.745. The van der Waals surface area contributed by atoms with Crippen molar-refractivity contribution in [2.75, 3.05) is 7.11 Å². The van der Waals surface area contributed by atoms with Gasteiger partial charge in [-0.2, -0.15) is 5.26 Å². The SMILES string of the molecule is COC(=O)c1ncn(-c2cc(C#N)ccc2[C@@H](C)O)n1. The van der Waals surface area contributed by atoms with Crippen LogP contribution in [0.2, 0.25) is 0 Å². The van der Waals surface area contributed by atoms with E-state index in [9.17, 15) is 9.90 Å². The molecule has 102 valence electrons. The minimum atomic E-state index is -0.747. The molecule has 0 spiro atoms. The maximum Gasteiger partial charge on any atom is 0.377 e. The van der Waals surface area contributed by atoms with E-state index in [0.29, 0.717) is 16.8 Å². The lowest BCUT2D eigenvalue weighted by Gasteiger charge is -2.11. The summed E-state index contributed by atoms with van der Waals surface area (Å²) in [5.41, 5.74) is 1.48. The van der Waals surface area contributed by atoms with E-state index >= 15 is 0 Å². The number of aromatic nitrogens is 3. The van der Waals surface area contributed by atoms with Gasteiger partial charge in [0.15, 0.2) is 0 Å². The number of esters is 1. The first-order valence-corrected chi connectivity index (χ1v) is 5.79. The topological polar surface area (TPSA) is 101 Å². The van der Waals surface area contributed by atoms with E-state index in [1.165, 1.54) is 18.1 Å². The van der Waals surface area contributed by atoms with Gasteiger partial charge in [-0.15, -0.1) is 5.10 Å². The van der Waals surface area contributed by atoms with E-state index in [4.69, 9.17) is 5.26 Å². The number of benzene rings is 1. The van der Waals surface area contributed by atoms with E-state index in [0.717, 1.165) is 0 Å². The van der Waals surface area contributed by atoms with Crippen LogP contribution in [0.1, 0.15) is 34.8 Å². The van der Waals surface area contributed by atoms with Crippen molar-refractivity contribution < 1.29 is 14.6 Å². The third-order valence-electron chi connectivity index (χ3n) is 2.72. The highest BCUT2D eigenvalue weighted by atomic mass is 16.5. The largest absolute Gasteiger partial charge is 0.463 e. The Balaban J connectivity index is 2.53. The number of aliphatic hydroxyl groups excluding tert-OH is 1. The Morgan fingerprint density at radius 2 is 2.30 bits per heavy atom. The van der Waals surface area contributed by atoms with Crippen molar-refractivity contribution in [2.45, 2.75) is 13.0 Å². The molecule has 0 amide bonds. The summed E-state index contributed by atoms with van der Waals surface area (Å²) >= 11 is 0. The number of hydrogen-bond acceptors (Lipinski definition) is 6. The third kappa shape index (κ3) is 2.50. The average Bonchev–Trinajstić information content (AvgIpc) is 2.95. The highest BCUT2D eigenvalue weighted by Gasteiger charge is 2.16. The predicted octanol–water partition coefficient (Wildman–Crippen LogP) is 0.979. The summed E-state index contributed by atoms with van der Waals surface area (Å²) in [4.78, 5) is 15.2. The lowest BCUT2D eigenvalue weighted by Crippen LogP contribution is -2.07. The fourth-order valence-corrected chi connectivity index (χ4v) is 1.73. The van der Waals surface area contributed by atoms with Crippen LogP contribution >= 0.6 is 0 Å². The average molecular weight is 272 g/mol. The molecule has 1 N–H and O–H groups in total. The number of nitriles is 1. The Kier molecular flexibility index (Phi) is 3.77. The van der Waals surface area contributed by atoms with Crippen LogP contribution in [0.3, 0.4) is 0 Å². The number of carbonyl (C=O) groups excluding carboxylic acids is 1. The Hall–Kier alpha value is -2.72. The number of carbonyl (C=O) groups is 1. The van der Waals surface area contributed by atoms with E-state index in [2.05, 4.69) is 14.8 Å². The lowest BCUT2D eigenvalue weighted by molar-refractivity contribution is 0.0587. The summed E-state index contributed by atoms with van der Waals surface area (Å²) in [7, 11) is 1.24. The fourth-order valence-electron chi connectivity index (χ4n) is 1.73. The van der Waals surface area contributed by atoms with Crippen molar-refractivity contribution >= 4 is 5.97 Å². The molecule has 2 aromatic rings. The first-order valence-electron chi connectivity index (χ1n) is 5.79. The van der Waals surface area contributed by atoms with Crippen molar-refractivity contribution in [3.8, 4) is 11.8 Å². The molecule has 1 aromatic carbocycles. The second-order valence-electron chi connectivity index (χ2n) is 4.07. The fraction of sp³-hybridized carbons (Fsp3) is 0.231. The third-order valence-corrected chi connectivity index (χ3v) is 2.72. The number of methoxy groups -OCH3 is 1. The molecule has 0 bridgehead atoms. The first-order chi connectivity index (χ1) is 9.56. The molecule has 0 aliphatic heterocycles. The molecule has 0 fully saturated rings. The minimum Gasteiger partial charge on any atom is -0.463 e. The molecule has 1 heterocycles. The van der Waals surface area contributed by atoms with E-state index in [-0.39, 0.29) is 5.82 Å². The Bertz CT molecular complexity index is 685. The molecule has 0 aliphatic rings. The second-order valence-corrected chi connectivity index (χ2v) is 4.07. The second kappa shape index (κ2) is 5.50. The van der Waals surface area contributed by atoms with Gasteiger partial charge in [0.2, 0.25) is 0 Å². The van der Waals surface area contributed by atoms with Gasteiger partial charge in [-0.1, -0.05) is 6.07 Å². The van der Waals surface area contributed by atoms with Crippen LogP contribution in [0.4, 0.5) is 0 Å². The highest BCUT2D eigenvalue weighted by Crippen LogP contribution is 2.22. The molecule has 1 atom stereocenters. The maximum absolute atomic E-state index is 11.3. The standard InChI is InChI=1S/C13H12N4O3/c1-8(18)10-4-3-9(6-14)5-11(10)17-7-15-12(16-17)13(19)20-2/h3-5,7-8,18H,1-2H3/t8-/m1/s1. The molecule has 7 heteroatoms. The van der Waals surface area contributed by atoms with Crippen LogP contribution in [0.5, 0.6) is 0 Å². The number of aliphatic hydroxyl groups is 1. The molecule has 7 nitrogen and oxygen atoms in total. The zero-order valence-electron chi connectivity index (χ0n) is 10.9. The Morgan fingerprint density at radius 3 is 2.90 bits per heavy atom. The molecule has 2 rings (SSSR count). The van der Waals surface area contributed by atoms with Gasteiger partial charge in [0, 0.05) is 5.56 Å². The number of nitrogens with zero attached hydrogens (tertiary/aromatic N) is 4. The van der Waals surface area contributed by atoms with Crippen LogP contribution in [0, 0.1) is 11.3 Å². The van der Waals surface area contributed by atoms with Crippen LogP contribution in [0.15, 0.2) is 24.5 Å². The molecule has 0 radical (unpaired) electrons. The number of ether oxygens (including phenoxy) is 1. The van der Waals surface area contributed by atoms with E-state index in [1.54, 1.807) is 25.1 Å². The van der Waals surface area contributed by atoms with Crippen LogP contribution in [-0.4, -0.2) is 33.0 Å². The molecule has 1 aromatic heterocycles. The van der Waals surface area contributed by atoms with Crippen LogP contribution in [-0.2, 0) is 4.74 Å². The van der Waals surface area contributed by atoms with Gasteiger partial charge in [0.1, 0.15) is 6.33 Å². The predicted molar refractivity (Wildman–Crippen MR) is 68.0 cm³/mol.